The molecule has 0 atom stereocenters. The first-order valence-electron chi connectivity index (χ1n) is 4.52. The number of rotatable bonds is 2. The van der Waals surface area contributed by atoms with Crippen LogP contribution in [0.15, 0.2) is 30.5 Å². The van der Waals surface area contributed by atoms with E-state index in [4.69, 9.17) is 11.6 Å². The van der Waals surface area contributed by atoms with Gasteiger partial charge in [0.2, 0.25) is 5.28 Å². The molecule has 0 bridgehead atoms. The lowest BCUT2D eigenvalue weighted by molar-refractivity contribution is 0.627. The van der Waals surface area contributed by atoms with Crippen molar-refractivity contribution in [2.75, 3.05) is 11.9 Å². The maximum Gasteiger partial charge on any atom is 0.244 e. The number of hydrogen-bond donors (Lipinski definition) is 0. The Kier molecular flexibility index (Phi) is 2.96. The Bertz CT molecular complexity index is 506. The molecule has 0 aliphatic rings. The molecule has 0 N–H and O–H groups in total. The predicted molar refractivity (Wildman–Crippen MR) is 59.3 cm³/mol. The zero-order valence-corrected chi connectivity index (χ0v) is 9.19. The molecule has 2 aromatic rings. The van der Waals surface area contributed by atoms with Crippen molar-refractivity contribution >= 4 is 23.1 Å². The lowest BCUT2D eigenvalue weighted by Gasteiger charge is -2.17. The van der Waals surface area contributed by atoms with Gasteiger partial charge in [-0.05, 0) is 23.7 Å². The molecule has 6 heteroatoms. The van der Waals surface area contributed by atoms with Crippen LogP contribution in [0.4, 0.5) is 15.9 Å². The second-order valence-corrected chi connectivity index (χ2v) is 3.43. The van der Waals surface area contributed by atoms with E-state index < -0.39 is 0 Å². The number of benzene rings is 1. The molecule has 4 nitrogen and oxygen atoms in total. The van der Waals surface area contributed by atoms with Crippen LogP contribution in [0.3, 0.4) is 0 Å². The predicted octanol–water partition coefficient (Wildman–Crippen LogP) is 2.43. The summed E-state index contributed by atoms with van der Waals surface area (Å²) in [6, 6.07) is 6.39. The maximum atomic E-state index is 13.5. The van der Waals surface area contributed by atoms with Crippen LogP contribution in [0.5, 0.6) is 0 Å². The minimum Gasteiger partial charge on any atom is -0.326 e. The number of hydrogen-bond acceptors (Lipinski definition) is 4. The number of anilines is 2. The van der Waals surface area contributed by atoms with Crippen molar-refractivity contribution in [3.05, 3.63) is 41.6 Å². The smallest absolute Gasteiger partial charge is 0.244 e. The third-order valence-electron chi connectivity index (χ3n) is 2.08. The summed E-state index contributed by atoms with van der Waals surface area (Å²) in [7, 11) is 1.68. The molecule has 0 saturated heterocycles. The second-order valence-electron chi connectivity index (χ2n) is 3.09. The summed E-state index contributed by atoms with van der Waals surface area (Å²) in [6.45, 7) is 0. The quantitative estimate of drug-likeness (QED) is 0.806. The number of para-hydroxylation sites is 1. The van der Waals surface area contributed by atoms with Gasteiger partial charge in [-0.25, -0.2) is 4.39 Å². The van der Waals surface area contributed by atoms with Gasteiger partial charge in [0.05, 0.1) is 11.9 Å². The summed E-state index contributed by atoms with van der Waals surface area (Å²) in [6.07, 6.45) is 1.42. The fourth-order valence-corrected chi connectivity index (χ4v) is 1.41. The molecule has 2 rings (SSSR count). The van der Waals surface area contributed by atoms with Crippen molar-refractivity contribution in [3.8, 4) is 0 Å². The van der Waals surface area contributed by atoms with Gasteiger partial charge in [-0.15, -0.1) is 5.10 Å². The highest BCUT2D eigenvalue weighted by atomic mass is 35.5. The van der Waals surface area contributed by atoms with E-state index >= 15 is 0 Å². The van der Waals surface area contributed by atoms with Crippen LogP contribution < -0.4 is 4.90 Å². The van der Waals surface area contributed by atoms with E-state index in [0.717, 1.165) is 0 Å². The van der Waals surface area contributed by atoms with E-state index in [2.05, 4.69) is 15.2 Å². The highest BCUT2D eigenvalue weighted by Crippen LogP contribution is 2.23. The Morgan fingerprint density at radius 1 is 1.31 bits per heavy atom. The Morgan fingerprint density at radius 3 is 2.75 bits per heavy atom. The lowest BCUT2D eigenvalue weighted by atomic mass is 10.3. The summed E-state index contributed by atoms with van der Waals surface area (Å²) < 4.78 is 13.5. The lowest BCUT2D eigenvalue weighted by Crippen LogP contribution is -2.13. The van der Waals surface area contributed by atoms with Crippen LogP contribution in [0, 0.1) is 5.82 Å². The van der Waals surface area contributed by atoms with Gasteiger partial charge in [0.25, 0.3) is 0 Å². The summed E-state index contributed by atoms with van der Waals surface area (Å²) in [5.41, 5.74) is 0.402. The molecule has 0 spiro atoms. The molecule has 16 heavy (non-hydrogen) atoms. The van der Waals surface area contributed by atoms with E-state index in [1.807, 2.05) is 0 Å². The topological polar surface area (TPSA) is 41.9 Å². The van der Waals surface area contributed by atoms with Crippen molar-refractivity contribution in [2.24, 2.45) is 0 Å². The molecule has 0 amide bonds. The number of aromatic nitrogens is 3. The van der Waals surface area contributed by atoms with Gasteiger partial charge in [-0.1, -0.05) is 12.1 Å². The maximum absolute atomic E-state index is 13.5. The van der Waals surface area contributed by atoms with Gasteiger partial charge >= 0.3 is 0 Å². The molecule has 0 aliphatic heterocycles. The van der Waals surface area contributed by atoms with Crippen LogP contribution in [0.25, 0.3) is 0 Å². The monoisotopic (exact) mass is 238 g/mol. The van der Waals surface area contributed by atoms with Crippen molar-refractivity contribution in [2.45, 2.75) is 0 Å². The minimum absolute atomic E-state index is 0.0284. The summed E-state index contributed by atoms with van der Waals surface area (Å²) in [5, 5.41) is 7.20. The van der Waals surface area contributed by atoms with Gasteiger partial charge in [0.15, 0.2) is 5.82 Å². The fraction of sp³-hybridized carbons (Fsp3) is 0.100. The second kappa shape index (κ2) is 4.40. The average molecular weight is 239 g/mol. The summed E-state index contributed by atoms with van der Waals surface area (Å²) in [4.78, 5) is 5.49. The molecular weight excluding hydrogens is 231 g/mol. The Balaban J connectivity index is 2.39. The SMILES string of the molecule is CN(c1cnnc(Cl)n1)c1ccccc1F. The Morgan fingerprint density at radius 2 is 2.06 bits per heavy atom. The zero-order chi connectivity index (χ0) is 11.5. The van der Waals surface area contributed by atoms with E-state index in [1.54, 1.807) is 30.1 Å². The normalized spacial score (nSPS) is 10.2. The van der Waals surface area contributed by atoms with Gasteiger partial charge < -0.3 is 4.90 Å². The molecule has 0 fully saturated rings. The molecule has 1 aromatic heterocycles. The molecule has 82 valence electrons. The number of nitrogens with zero attached hydrogens (tertiary/aromatic N) is 4. The van der Waals surface area contributed by atoms with E-state index in [0.29, 0.717) is 11.5 Å². The fourth-order valence-electron chi connectivity index (χ4n) is 1.28. The first kappa shape index (κ1) is 10.8. The molecule has 1 aromatic carbocycles. The number of halogens is 2. The van der Waals surface area contributed by atoms with E-state index in [9.17, 15) is 4.39 Å². The van der Waals surface area contributed by atoms with E-state index in [1.165, 1.54) is 12.3 Å². The molecule has 0 radical (unpaired) electrons. The summed E-state index contributed by atoms with van der Waals surface area (Å²) >= 11 is 5.61. The standard InChI is InChI=1S/C10H8ClFN4/c1-16(8-5-3-2-4-7(8)12)9-6-13-15-10(11)14-9/h2-6H,1H3. The van der Waals surface area contributed by atoms with Crippen molar-refractivity contribution in [1.29, 1.82) is 0 Å². The summed E-state index contributed by atoms with van der Waals surface area (Å²) in [5.74, 6) is 0.102. The third-order valence-corrected chi connectivity index (χ3v) is 2.24. The van der Waals surface area contributed by atoms with Crippen molar-refractivity contribution in [1.82, 2.24) is 15.2 Å². The highest BCUT2D eigenvalue weighted by Gasteiger charge is 2.10. The van der Waals surface area contributed by atoms with Crippen LogP contribution in [-0.2, 0) is 0 Å². The van der Waals surface area contributed by atoms with Crippen molar-refractivity contribution < 1.29 is 4.39 Å². The minimum atomic E-state index is -0.334. The van der Waals surface area contributed by atoms with Gasteiger partial charge in [0.1, 0.15) is 5.82 Å². The van der Waals surface area contributed by atoms with E-state index in [-0.39, 0.29) is 11.1 Å². The van der Waals surface area contributed by atoms with Gasteiger partial charge in [0, 0.05) is 7.05 Å². The van der Waals surface area contributed by atoms with Gasteiger partial charge in [-0.3, -0.25) is 0 Å². The highest BCUT2D eigenvalue weighted by molar-refractivity contribution is 6.28. The molecule has 1 heterocycles. The van der Waals surface area contributed by atoms with Crippen LogP contribution in [0.1, 0.15) is 0 Å². The average Bonchev–Trinajstić information content (AvgIpc) is 2.29. The molecular formula is C10H8ClFN4. The van der Waals surface area contributed by atoms with Crippen LogP contribution >= 0.6 is 11.6 Å². The van der Waals surface area contributed by atoms with Gasteiger partial charge in [-0.2, -0.15) is 10.1 Å². The van der Waals surface area contributed by atoms with Crippen molar-refractivity contribution in [3.63, 3.8) is 0 Å². The molecule has 0 saturated carbocycles. The zero-order valence-electron chi connectivity index (χ0n) is 8.43. The van der Waals surface area contributed by atoms with Crippen LogP contribution in [-0.4, -0.2) is 22.2 Å². The largest absolute Gasteiger partial charge is 0.326 e. The Hall–Kier alpha value is -1.75. The third kappa shape index (κ3) is 2.09. The first-order chi connectivity index (χ1) is 7.68. The molecule has 0 unspecified atom stereocenters. The molecule has 0 aliphatic carbocycles. The van der Waals surface area contributed by atoms with Crippen LogP contribution in [0.2, 0.25) is 5.28 Å². The first-order valence-corrected chi connectivity index (χ1v) is 4.90. The Labute approximate surface area is 96.7 Å².